The maximum atomic E-state index is 13.0. The fraction of sp³-hybridized carbons (Fsp3) is 0.143. The van der Waals surface area contributed by atoms with Gasteiger partial charge in [0.2, 0.25) is 0 Å². The van der Waals surface area contributed by atoms with Gasteiger partial charge in [0, 0.05) is 10.4 Å². The van der Waals surface area contributed by atoms with Crippen molar-refractivity contribution in [1.29, 1.82) is 0 Å². The minimum Gasteiger partial charge on any atom is -0.456 e. The molecule has 0 saturated heterocycles. The van der Waals surface area contributed by atoms with Crippen LogP contribution in [0.25, 0.3) is 0 Å². The third kappa shape index (κ3) is 4.14. The minimum atomic E-state index is -4.43. The summed E-state index contributed by atoms with van der Waals surface area (Å²) in [5.41, 5.74) is -0.563. The second kappa shape index (κ2) is 6.58. The molecule has 0 aliphatic rings. The molecule has 0 aliphatic heterocycles. The van der Waals surface area contributed by atoms with Crippen LogP contribution in [0.4, 0.5) is 13.2 Å². The number of alkyl halides is 4. The van der Waals surface area contributed by atoms with Crippen LogP contribution in [-0.2, 0) is 11.5 Å². The van der Waals surface area contributed by atoms with Crippen LogP contribution in [0.1, 0.15) is 11.1 Å². The van der Waals surface area contributed by atoms with Crippen molar-refractivity contribution in [3.05, 3.63) is 57.0 Å². The number of hydrogen-bond donors (Lipinski definition) is 0. The van der Waals surface area contributed by atoms with Gasteiger partial charge in [-0.15, -0.1) is 0 Å². The number of benzene rings is 2. The van der Waals surface area contributed by atoms with Gasteiger partial charge in [-0.05, 0) is 51.8 Å². The minimum absolute atomic E-state index is 0.107. The Morgan fingerprint density at radius 2 is 1.81 bits per heavy atom. The summed E-state index contributed by atoms with van der Waals surface area (Å²) in [5.74, 6) is 0.495. The number of halogens is 6. The quantitative estimate of drug-likeness (QED) is 0.473. The van der Waals surface area contributed by atoms with Crippen molar-refractivity contribution in [3.63, 3.8) is 0 Å². The normalized spacial score (nSPS) is 11.5. The molecular formula is C14H8Br2ClF3O. The predicted molar refractivity (Wildman–Crippen MR) is 83.3 cm³/mol. The van der Waals surface area contributed by atoms with Gasteiger partial charge in [0.05, 0.1) is 10.0 Å². The first-order chi connectivity index (χ1) is 9.81. The molecule has 0 aliphatic carbocycles. The summed E-state index contributed by atoms with van der Waals surface area (Å²) in [7, 11) is 0. The molecule has 0 heterocycles. The van der Waals surface area contributed by atoms with Crippen molar-refractivity contribution in [2.24, 2.45) is 0 Å². The molecule has 0 aromatic heterocycles. The third-order valence-electron chi connectivity index (χ3n) is 2.65. The van der Waals surface area contributed by atoms with Gasteiger partial charge in [0.25, 0.3) is 0 Å². The standard InChI is InChI=1S/C14H8Br2ClF3O/c15-7-8-1-3-10(6-11(8)14(18,19)20)21-13-4-2-9(17)5-12(13)16/h1-6H,7H2. The molecular weight excluding hydrogens is 436 g/mol. The van der Waals surface area contributed by atoms with Gasteiger partial charge in [-0.3, -0.25) is 0 Å². The number of hydrogen-bond acceptors (Lipinski definition) is 1. The fourth-order valence-corrected chi connectivity index (χ4v) is 2.94. The lowest BCUT2D eigenvalue weighted by Gasteiger charge is -2.14. The molecule has 2 aromatic rings. The molecule has 21 heavy (non-hydrogen) atoms. The van der Waals surface area contributed by atoms with Gasteiger partial charge < -0.3 is 4.74 Å². The molecule has 0 spiro atoms. The van der Waals surface area contributed by atoms with E-state index < -0.39 is 11.7 Å². The average molecular weight is 444 g/mol. The van der Waals surface area contributed by atoms with Gasteiger partial charge in [0.1, 0.15) is 11.5 Å². The Labute approximate surface area is 141 Å². The molecule has 2 rings (SSSR count). The van der Waals surface area contributed by atoms with Crippen LogP contribution < -0.4 is 4.74 Å². The summed E-state index contributed by atoms with van der Waals surface area (Å²) in [4.78, 5) is 0. The van der Waals surface area contributed by atoms with Gasteiger partial charge >= 0.3 is 6.18 Å². The van der Waals surface area contributed by atoms with E-state index in [0.717, 1.165) is 6.07 Å². The van der Waals surface area contributed by atoms with E-state index in [-0.39, 0.29) is 16.6 Å². The van der Waals surface area contributed by atoms with Crippen molar-refractivity contribution in [3.8, 4) is 11.5 Å². The van der Waals surface area contributed by atoms with Crippen LogP contribution in [0, 0.1) is 0 Å². The molecule has 0 N–H and O–H groups in total. The van der Waals surface area contributed by atoms with Crippen molar-refractivity contribution in [2.45, 2.75) is 11.5 Å². The van der Waals surface area contributed by atoms with E-state index in [1.165, 1.54) is 12.1 Å². The number of rotatable bonds is 3. The zero-order chi connectivity index (χ0) is 15.6. The Morgan fingerprint density at radius 3 is 2.38 bits per heavy atom. The van der Waals surface area contributed by atoms with Crippen molar-refractivity contribution < 1.29 is 17.9 Å². The van der Waals surface area contributed by atoms with Gasteiger partial charge in [0.15, 0.2) is 0 Å². The molecule has 0 bridgehead atoms. The SMILES string of the molecule is FC(F)(F)c1cc(Oc2ccc(Cl)cc2Br)ccc1CBr. The first-order valence-corrected chi connectivity index (χ1v) is 7.99. The van der Waals surface area contributed by atoms with Gasteiger partial charge in [-0.2, -0.15) is 13.2 Å². The van der Waals surface area contributed by atoms with Gasteiger partial charge in [-0.1, -0.05) is 33.6 Å². The molecule has 2 aromatic carbocycles. The molecule has 0 saturated carbocycles. The lowest BCUT2D eigenvalue weighted by molar-refractivity contribution is -0.138. The summed E-state index contributed by atoms with van der Waals surface area (Å²) < 4.78 is 45.0. The Balaban J connectivity index is 2.37. The molecule has 0 fully saturated rings. The van der Waals surface area contributed by atoms with Crippen LogP contribution >= 0.6 is 43.5 Å². The van der Waals surface area contributed by atoms with E-state index in [1.54, 1.807) is 18.2 Å². The van der Waals surface area contributed by atoms with E-state index in [0.29, 0.717) is 15.2 Å². The second-order valence-corrected chi connectivity index (χ2v) is 5.98. The summed E-state index contributed by atoms with van der Waals surface area (Å²) in [5, 5.41) is 0.618. The Hall–Kier alpha value is -0.720. The van der Waals surface area contributed by atoms with E-state index >= 15 is 0 Å². The monoisotopic (exact) mass is 442 g/mol. The predicted octanol–water partition coefficient (Wildman–Crippen LogP) is 6.81. The van der Waals surface area contributed by atoms with E-state index in [9.17, 15) is 13.2 Å². The van der Waals surface area contributed by atoms with Crippen molar-refractivity contribution in [2.75, 3.05) is 0 Å². The smallest absolute Gasteiger partial charge is 0.416 e. The van der Waals surface area contributed by atoms with Crippen LogP contribution in [-0.4, -0.2) is 0 Å². The first kappa shape index (κ1) is 16.6. The summed E-state index contributed by atoms with van der Waals surface area (Å²) in [6, 6.07) is 8.65. The van der Waals surface area contributed by atoms with Crippen LogP contribution in [0.5, 0.6) is 11.5 Å². The Morgan fingerprint density at radius 1 is 1.10 bits per heavy atom. The molecule has 7 heteroatoms. The zero-order valence-corrected chi connectivity index (χ0v) is 14.3. The summed E-state index contributed by atoms with van der Waals surface area (Å²) in [6.45, 7) is 0. The van der Waals surface area contributed by atoms with Crippen LogP contribution in [0.15, 0.2) is 40.9 Å². The van der Waals surface area contributed by atoms with Crippen LogP contribution in [0.2, 0.25) is 5.02 Å². The second-order valence-electron chi connectivity index (χ2n) is 4.13. The average Bonchev–Trinajstić information content (AvgIpc) is 2.41. The molecule has 0 atom stereocenters. The zero-order valence-electron chi connectivity index (χ0n) is 10.3. The van der Waals surface area contributed by atoms with E-state index in [1.807, 2.05) is 0 Å². The highest BCUT2D eigenvalue weighted by Crippen LogP contribution is 2.37. The summed E-state index contributed by atoms with van der Waals surface area (Å²) >= 11 is 12.1. The molecule has 1 nitrogen and oxygen atoms in total. The van der Waals surface area contributed by atoms with Gasteiger partial charge in [-0.25, -0.2) is 0 Å². The largest absolute Gasteiger partial charge is 0.456 e. The fourth-order valence-electron chi connectivity index (χ4n) is 1.68. The van der Waals surface area contributed by atoms with E-state index in [2.05, 4.69) is 31.9 Å². The third-order valence-corrected chi connectivity index (χ3v) is 4.11. The maximum absolute atomic E-state index is 13.0. The van der Waals surface area contributed by atoms with Crippen LogP contribution in [0.3, 0.4) is 0 Å². The van der Waals surface area contributed by atoms with Crippen molar-refractivity contribution >= 4 is 43.5 Å². The lowest BCUT2D eigenvalue weighted by Crippen LogP contribution is -2.08. The highest BCUT2D eigenvalue weighted by Gasteiger charge is 2.33. The highest BCUT2D eigenvalue weighted by molar-refractivity contribution is 9.10. The molecule has 0 radical (unpaired) electrons. The summed E-state index contributed by atoms with van der Waals surface area (Å²) in [6.07, 6.45) is -4.43. The molecule has 0 unspecified atom stereocenters. The Kier molecular flexibility index (Phi) is 5.22. The maximum Gasteiger partial charge on any atom is 0.416 e. The van der Waals surface area contributed by atoms with Crippen molar-refractivity contribution in [1.82, 2.24) is 0 Å². The number of ether oxygens (including phenoxy) is 1. The van der Waals surface area contributed by atoms with E-state index in [4.69, 9.17) is 16.3 Å². The lowest BCUT2D eigenvalue weighted by atomic mass is 10.1. The highest BCUT2D eigenvalue weighted by atomic mass is 79.9. The first-order valence-electron chi connectivity index (χ1n) is 5.70. The Bertz CT molecular complexity index is 659. The molecule has 0 amide bonds. The molecule has 112 valence electrons. The topological polar surface area (TPSA) is 9.23 Å².